The molecule has 0 unspecified atom stereocenters. The first-order valence-electron chi connectivity index (χ1n) is 7.59. The first-order chi connectivity index (χ1) is 11.5. The van der Waals surface area contributed by atoms with E-state index in [1.807, 2.05) is 18.4 Å². The van der Waals surface area contributed by atoms with Crippen molar-refractivity contribution in [3.8, 4) is 0 Å². The van der Waals surface area contributed by atoms with E-state index in [0.717, 1.165) is 15.6 Å². The third kappa shape index (κ3) is 3.07. The van der Waals surface area contributed by atoms with Crippen LogP contribution in [0.15, 0.2) is 29.3 Å². The van der Waals surface area contributed by atoms with Gasteiger partial charge in [-0.15, -0.1) is 11.3 Å². The Balaban J connectivity index is 2.21. The van der Waals surface area contributed by atoms with E-state index in [4.69, 9.17) is 4.74 Å². The van der Waals surface area contributed by atoms with Crippen molar-refractivity contribution in [1.29, 1.82) is 0 Å². The molecule has 3 aromatic heterocycles. The van der Waals surface area contributed by atoms with Crippen LogP contribution in [0.3, 0.4) is 0 Å². The second kappa shape index (κ2) is 6.52. The summed E-state index contributed by atoms with van der Waals surface area (Å²) in [6, 6.07) is 3.47. The van der Waals surface area contributed by atoms with Gasteiger partial charge in [-0.05, 0) is 32.9 Å². The van der Waals surface area contributed by atoms with Crippen LogP contribution in [-0.2, 0) is 11.3 Å². The van der Waals surface area contributed by atoms with Crippen LogP contribution in [-0.4, -0.2) is 27.1 Å². The van der Waals surface area contributed by atoms with Crippen LogP contribution in [0.25, 0.3) is 11.0 Å². The first kappa shape index (κ1) is 16.3. The number of aromatic nitrogens is 3. The average molecular weight is 343 g/mol. The summed E-state index contributed by atoms with van der Waals surface area (Å²) >= 11 is 1.57. The van der Waals surface area contributed by atoms with Crippen molar-refractivity contribution in [3.05, 3.63) is 55.9 Å². The monoisotopic (exact) mass is 343 g/mol. The number of fused-ring (bicyclic) bond motifs is 1. The Morgan fingerprint density at radius 1 is 1.33 bits per heavy atom. The second-order valence-electron chi connectivity index (χ2n) is 5.39. The van der Waals surface area contributed by atoms with Crippen LogP contribution in [0.2, 0.25) is 0 Å². The number of nitrogens with zero attached hydrogens (tertiary/aromatic N) is 3. The van der Waals surface area contributed by atoms with Gasteiger partial charge in [0.05, 0.1) is 23.5 Å². The Labute approximate surface area is 142 Å². The van der Waals surface area contributed by atoms with E-state index in [-0.39, 0.29) is 17.6 Å². The minimum Gasteiger partial charge on any atom is -0.462 e. The number of thiazole rings is 1. The largest absolute Gasteiger partial charge is 0.462 e. The van der Waals surface area contributed by atoms with Crippen molar-refractivity contribution in [3.63, 3.8) is 0 Å². The zero-order valence-corrected chi connectivity index (χ0v) is 14.5. The molecule has 0 aliphatic heterocycles. The molecule has 0 radical (unpaired) electrons. The quantitative estimate of drug-likeness (QED) is 0.681. The molecule has 0 saturated heterocycles. The van der Waals surface area contributed by atoms with Gasteiger partial charge in [0, 0.05) is 23.0 Å². The number of ether oxygens (including phenoxy) is 1. The van der Waals surface area contributed by atoms with Crippen LogP contribution < -0.4 is 5.43 Å². The third-order valence-corrected chi connectivity index (χ3v) is 4.45. The molecular weight excluding hydrogens is 326 g/mol. The minimum absolute atomic E-state index is 0.0243. The zero-order valence-electron chi connectivity index (χ0n) is 13.7. The summed E-state index contributed by atoms with van der Waals surface area (Å²) in [6.07, 6.45) is 3.33. The smallest absolute Gasteiger partial charge is 0.343 e. The third-order valence-electron chi connectivity index (χ3n) is 3.55. The maximum atomic E-state index is 12.6. The van der Waals surface area contributed by atoms with Gasteiger partial charge < -0.3 is 9.30 Å². The summed E-state index contributed by atoms with van der Waals surface area (Å²) < 4.78 is 6.82. The summed E-state index contributed by atoms with van der Waals surface area (Å²) in [5, 5.41) is 1.37. The van der Waals surface area contributed by atoms with Crippen molar-refractivity contribution in [2.24, 2.45) is 0 Å². The lowest BCUT2D eigenvalue weighted by Crippen LogP contribution is -2.21. The summed E-state index contributed by atoms with van der Waals surface area (Å²) in [5.74, 6) is -0.612. The molecule has 124 valence electrons. The van der Waals surface area contributed by atoms with Gasteiger partial charge in [0.1, 0.15) is 11.2 Å². The van der Waals surface area contributed by atoms with Crippen molar-refractivity contribution in [2.75, 3.05) is 6.61 Å². The van der Waals surface area contributed by atoms with Gasteiger partial charge in [0.15, 0.2) is 0 Å². The highest BCUT2D eigenvalue weighted by molar-refractivity contribution is 7.11. The van der Waals surface area contributed by atoms with Gasteiger partial charge >= 0.3 is 5.97 Å². The molecule has 7 heteroatoms. The summed E-state index contributed by atoms with van der Waals surface area (Å²) in [5.41, 5.74) is 1.03. The van der Waals surface area contributed by atoms with Gasteiger partial charge in [-0.1, -0.05) is 0 Å². The number of pyridine rings is 2. The van der Waals surface area contributed by atoms with E-state index >= 15 is 0 Å². The van der Waals surface area contributed by atoms with Gasteiger partial charge in [0.2, 0.25) is 5.43 Å². The van der Waals surface area contributed by atoms with Crippen molar-refractivity contribution in [1.82, 2.24) is 14.5 Å². The molecule has 0 amide bonds. The van der Waals surface area contributed by atoms with Crippen molar-refractivity contribution in [2.45, 2.75) is 27.3 Å². The fraction of sp³-hybridized carbons (Fsp3) is 0.294. The molecule has 3 rings (SSSR count). The van der Waals surface area contributed by atoms with E-state index in [1.54, 1.807) is 36.6 Å². The number of aryl methyl sites for hydroxylation is 2. The molecule has 0 saturated carbocycles. The molecule has 0 atom stereocenters. The van der Waals surface area contributed by atoms with Gasteiger partial charge in [-0.25, -0.2) is 14.8 Å². The van der Waals surface area contributed by atoms with E-state index < -0.39 is 5.97 Å². The Bertz CT molecular complexity index is 975. The van der Waals surface area contributed by atoms with Gasteiger partial charge in [0.25, 0.3) is 0 Å². The topological polar surface area (TPSA) is 74.1 Å². The normalized spacial score (nSPS) is 11.0. The standard InChI is InChI=1S/C17H17N3O3S/c1-4-23-17(22)14-9-20(8-12-7-18-11(3)24-12)16-13(15(14)21)6-5-10(2)19-16/h5-7,9H,4,8H2,1-3H3. The summed E-state index contributed by atoms with van der Waals surface area (Å²) in [4.78, 5) is 34.5. The Kier molecular flexibility index (Phi) is 4.44. The zero-order chi connectivity index (χ0) is 17.3. The van der Waals surface area contributed by atoms with E-state index in [0.29, 0.717) is 17.6 Å². The lowest BCUT2D eigenvalue weighted by atomic mass is 10.2. The molecule has 0 spiro atoms. The molecular formula is C17H17N3O3S. The second-order valence-corrected chi connectivity index (χ2v) is 6.71. The molecule has 0 aliphatic carbocycles. The predicted molar refractivity (Wildman–Crippen MR) is 92.6 cm³/mol. The van der Waals surface area contributed by atoms with E-state index in [9.17, 15) is 9.59 Å². The van der Waals surface area contributed by atoms with Crippen molar-refractivity contribution < 1.29 is 9.53 Å². The maximum Gasteiger partial charge on any atom is 0.343 e. The fourth-order valence-corrected chi connectivity index (χ4v) is 3.27. The summed E-state index contributed by atoms with van der Waals surface area (Å²) in [6.45, 7) is 6.22. The molecule has 0 aliphatic rings. The van der Waals surface area contributed by atoms with E-state index in [2.05, 4.69) is 9.97 Å². The molecule has 3 heterocycles. The van der Waals surface area contributed by atoms with Crippen LogP contribution >= 0.6 is 11.3 Å². The molecule has 0 fully saturated rings. The van der Waals surface area contributed by atoms with E-state index in [1.165, 1.54) is 6.20 Å². The first-order valence-corrected chi connectivity index (χ1v) is 8.40. The van der Waals surface area contributed by atoms with Gasteiger partial charge in [-0.2, -0.15) is 0 Å². The average Bonchev–Trinajstić information content (AvgIpc) is 2.95. The lowest BCUT2D eigenvalue weighted by Gasteiger charge is -2.12. The van der Waals surface area contributed by atoms with Crippen LogP contribution in [0.5, 0.6) is 0 Å². The number of esters is 1. The SMILES string of the molecule is CCOC(=O)c1cn(Cc2cnc(C)s2)c2nc(C)ccc2c1=O. The van der Waals surface area contributed by atoms with Crippen LogP contribution in [0, 0.1) is 13.8 Å². The molecule has 0 bridgehead atoms. The number of rotatable bonds is 4. The fourth-order valence-electron chi connectivity index (χ4n) is 2.48. The molecule has 6 nitrogen and oxygen atoms in total. The lowest BCUT2D eigenvalue weighted by molar-refractivity contribution is 0.0524. The number of carbonyl (C=O) groups excluding carboxylic acids is 1. The molecule has 24 heavy (non-hydrogen) atoms. The highest BCUT2D eigenvalue weighted by Crippen LogP contribution is 2.17. The molecule has 0 N–H and O–H groups in total. The Morgan fingerprint density at radius 3 is 2.79 bits per heavy atom. The Morgan fingerprint density at radius 2 is 2.12 bits per heavy atom. The highest BCUT2D eigenvalue weighted by Gasteiger charge is 2.17. The number of carbonyl (C=O) groups is 1. The number of hydrogen-bond donors (Lipinski definition) is 0. The van der Waals surface area contributed by atoms with Crippen LogP contribution in [0.1, 0.15) is 32.9 Å². The Hall–Kier alpha value is -2.54. The minimum atomic E-state index is -0.612. The predicted octanol–water partition coefficient (Wildman–Crippen LogP) is 2.69. The van der Waals surface area contributed by atoms with Crippen molar-refractivity contribution >= 4 is 28.3 Å². The molecule has 3 aromatic rings. The molecule has 0 aromatic carbocycles. The van der Waals surface area contributed by atoms with Gasteiger partial charge in [-0.3, -0.25) is 4.79 Å². The maximum absolute atomic E-state index is 12.6. The highest BCUT2D eigenvalue weighted by atomic mass is 32.1. The van der Waals surface area contributed by atoms with Crippen LogP contribution in [0.4, 0.5) is 0 Å². The summed E-state index contributed by atoms with van der Waals surface area (Å²) in [7, 11) is 0. The number of hydrogen-bond acceptors (Lipinski definition) is 6.